The first-order valence-electron chi connectivity index (χ1n) is 8.77. The second-order valence-corrected chi connectivity index (χ2v) is 6.50. The van der Waals surface area contributed by atoms with Crippen LogP contribution in [0, 0.1) is 12.8 Å². The summed E-state index contributed by atoms with van der Waals surface area (Å²) in [6, 6.07) is 7.70. The van der Waals surface area contributed by atoms with Crippen molar-refractivity contribution in [3.63, 3.8) is 0 Å². The molecule has 136 valence electrons. The first-order valence-corrected chi connectivity index (χ1v) is 8.77. The minimum absolute atomic E-state index is 0.0503. The van der Waals surface area contributed by atoms with Crippen molar-refractivity contribution in [2.45, 2.75) is 27.2 Å². The molecule has 1 aliphatic rings. The SMILES string of the molecule is CCN(CC)C(=O)CN(C)C(=O)C1CC(=O)N(c2ccc(C)cc2)C1. The van der Waals surface area contributed by atoms with Crippen LogP contribution >= 0.6 is 0 Å². The van der Waals surface area contributed by atoms with Crippen LogP contribution in [0.25, 0.3) is 0 Å². The van der Waals surface area contributed by atoms with E-state index in [1.54, 1.807) is 16.8 Å². The van der Waals surface area contributed by atoms with Gasteiger partial charge in [-0.25, -0.2) is 0 Å². The number of benzene rings is 1. The van der Waals surface area contributed by atoms with Crippen LogP contribution in [0.4, 0.5) is 5.69 Å². The van der Waals surface area contributed by atoms with Crippen LogP contribution in [0.1, 0.15) is 25.8 Å². The molecule has 2 rings (SSSR count). The summed E-state index contributed by atoms with van der Waals surface area (Å²) in [5.41, 5.74) is 1.94. The molecule has 1 aromatic carbocycles. The minimum Gasteiger partial charge on any atom is -0.342 e. The van der Waals surface area contributed by atoms with Crippen molar-refractivity contribution in [3.8, 4) is 0 Å². The molecule has 3 amide bonds. The number of likely N-dealkylation sites (N-methyl/N-ethyl adjacent to an activating group) is 2. The van der Waals surface area contributed by atoms with Gasteiger partial charge in [0.1, 0.15) is 0 Å². The second kappa shape index (κ2) is 8.14. The minimum atomic E-state index is -0.400. The van der Waals surface area contributed by atoms with E-state index in [0.717, 1.165) is 11.3 Å². The Kier molecular flexibility index (Phi) is 6.17. The third-order valence-corrected chi connectivity index (χ3v) is 4.68. The Hall–Kier alpha value is -2.37. The summed E-state index contributed by atoms with van der Waals surface area (Å²) < 4.78 is 0. The lowest BCUT2D eigenvalue weighted by molar-refractivity contribution is -0.141. The Morgan fingerprint density at radius 1 is 1.16 bits per heavy atom. The Labute approximate surface area is 149 Å². The van der Waals surface area contributed by atoms with E-state index in [-0.39, 0.29) is 30.7 Å². The summed E-state index contributed by atoms with van der Waals surface area (Å²) in [6.45, 7) is 7.49. The molecule has 1 aliphatic heterocycles. The lowest BCUT2D eigenvalue weighted by Crippen LogP contribution is -2.43. The van der Waals surface area contributed by atoms with E-state index in [2.05, 4.69) is 0 Å². The number of hydrogen-bond donors (Lipinski definition) is 0. The van der Waals surface area contributed by atoms with E-state index < -0.39 is 5.92 Å². The van der Waals surface area contributed by atoms with Gasteiger partial charge in [-0.2, -0.15) is 0 Å². The first kappa shape index (κ1) is 19.0. The molecule has 1 aromatic rings. The van der Waals surface area contributed by atoms with Crippen LogP contribution < -0.4 is 4.90 Å². The van der Waals surface area contributed by atoms with Crippen LogP contribution in [0.2, 0.25) is 0 Å². The maximum atomic E-state index is 12.6. The van der Waals surface area contributed by atoms with E-state index >= 15 is 0 Å². The van der Waals surface area contributed by atoms with Crippen LogP contribution in [0.5, 0.6) is 0 Å². The van der Waals surface area contributed by atoms with Crippen LogP contribution in [0.15, 0.2) is 24.3 Å². The number of amides is 3. The summed E-state index contributed by atoms with van der Waals surface area (Å²) in [5, 5.41) is 0. The molecular formula is C19H27N3O3. The van der Waals surface area contributed by atoms with Crippen LogP contribution in [0.3, 0.4) is 0 Å². The quantitative estimate of drug-likeness (QED) is 0.788. The van der Waals surface area contributed by atoms with Crippen molar-refractivity contribution in [2.75, 3.05) is 38.1 Å². The Morgan fingerprint density at radius 2 is 1.76 bits per heavy atom. The molecule has 1 fully saturated rings. The topological polar surface area (TPSA) is 60.9 Å². The van der Waals surface area contributed by atoms with Crippen LogP contribution in [-0.2, 0) is 14.4 Å². The zero-order valence-electron chi connectivity index (χ0n) is 15.5. The highest BCUT2D eigenvalue weighted by atomic mass is 16.2. The smallest absolute Gasteiger partial charge is 0.242 e. The molecular weight excluding hydrogens is 318 g/mol. The number of carbonyl (C=O) groups is 3. The van der Waals surface area contributed by atoms with Gasteiger partial charge in [0.2, 0.25) is 17.7 Å². The van der Waals surface area contributed by atoms with Gasteiger partial charge >= 0.3 is 0 Å². The Bertz CT molecular complexity index is 638. The van der Waals surface area contributed by atoms with Gasteiger partial charge in [-0.05, 0) is 32.9 Å². The number of carbonyl (C=O) groups excluding carboxylic acids is 3. The first-order chi connectivity index (χ1) is 11.9. The van der Waals surface area contributed by atoms with Gasteiger partial charge in [-0.3, -0.25) is 14.4 Å². The predicted molar refractivity (Wildman–Crippen MR) is 97.2 cm³/mol. The van der Waals surface area contributed by atoms with Crippen molar-refractivity contribution in [1.29, 1.82) is 0 Å². The molecule has 1 saturated heterocycles. The van der Waals surface area contributed by atoms with Crippen molar-refractivity contribution in [1.82, 2.24) is 9.80 Å². The maximum absolute atomic E-state index is 12.6. The van der Waals surface area contributed by atoms with Crippen molar-refractivity contribution < 1.29 is 14.4 Å². The lowest BCUT2D eigenvalue weighted by Gasteiger charge is -2.25. The van der Waals surface area contributed by atoms with Gasteiger partial charge in [-0.15, -0.1) is 0 Å². The molecule has 0 radical (unpaired) electrons. The van der Waals surface area contributed by atoms with Crippen LogP contribution in [-0.4, -0.2) is 60.7 Å². The highest BCUT2D eigenvalue weighted by Crippen LogP contribution is 2.26. The van der Waals surface area contributed by atoms with E-state index in [9.17, 15) is 14.4 Å². The number of rotatable bonds is 6. The fourth-order valence-corrected chi connectivity index (χ4v) is 3.12. The predicted octanol–water partition coefficient (Wildman–Crippen LogP) is 1.67. The van der Waals surface area contributed by atoms with Gasteiger partial charge < -0.3 is 14.7 Å². The molecule has 1 heterocycles. The molecule has 1 atom stereocenters. The standard InChI is InChI=1S/C19H27N3O3/c1-5-21(6-2)18(24)13-20(4)19(25)15-11-17(23)22(12-15)16-9-7-14(3)8-10-16/h7-10,15H,5-6,11-13H2,1-4H3. The van der Waals surface area contributed by atoms with Gasteiger partial charge in [0, 0.05) is 38.8 Å². The third kappa shape index (κ3) is 4.38. The molecule has 0 saturated carbocycles. The second-order valence-electron chi connectivity index (χ2n) is 6.50. The fourth-order valence-electron chi connectivity index (χ4n) is 3.12. The maximum Gasteiger partial charge on any atom is 0.242 e. The summed E-state index contributed by atoms with van der Waals surface area (Å²) in [6.07, 6.45) is 0.191. The number of anilines is 1. The highest BCUT2D eigenvalue weighted by molar-refractivity contribution is 6.00. The third-order valence-electron chi connectivity index (χ3n) is 4.68. The summed E-state index contributed by atoms with van der Waals surface area (Å²) in [5.74, 6) is -0.669. The van der Waals surface area contributed by atoms with Crippen molar-refractivity contribution in [3.05, 3.63) is 29.8 Å². The monoisotopic (exact) mass is 345 g/mol. The Morgan fingerprint density at radius 3 is 2.32 bits per heavy atom. The zero-order valence-corrected chi connectivity index (χ0v) is 15.5. The summed E-state index contributed by atoms with van der Waals surface area (Å²) in [4.78, 5) is 41.9. The molecule has 6 nitrogen and oxygen atoms in total. The van der Waals surface area contributed by atoms with Crippen molar-refractivity contribution >= 4 is 23.4 Å². The molecule has 1 unspecified atom stereocenters. The van der Waals surface area contributed by atoms with E-state index in [4.69, 9.17) is 0 Å². The van der Waals surface area contributed by atoms with E-state index in [0.29, 0.717) is 19.6 Å². The highest BCUT2D eigenvalue weighted by Gasteiger charge is 2.36. The molecule has 0 aliphatic carbocycles. The van der Waals surface area contributed by atoms with E-state index in [1.807, 2.05) is 45.0 Å². The average molecular weight is 345 g/mol. The molecule has 0 N–H and O–H groups in total. The average Bonchev–Trinajstić information content (AvgIpc) is 2.97. The zero-order chi connectivity index (χ0) is 18.6. The van der Waals surface area contributed by atoms with Gasteiger partial charge in [0.05, 0.1) is 12.5 Å². The lowest BCUT2D eigenvalue weighted by atomic mass is 10.1. The summed E-state index contributed by atoms with van der Waals surface area (Å²) >= 11 is 0. The van der Waals surface area contributed by atoms with Gasteiger partial charge in [0.15, 0.2) is 0 Å². The van der Waals surface area contributed by atoms with Gasteiger partial charge in [0.25, 0.3) is 0 Å². The van der Waals surface area contributed by atoms with Gasteiger partial charge in [-0.1, -0.05) is 17.7 Å². The molecule has 25 heavy (non-hydrogen) atoms. The normalized spacial score (nSPS) is 16.9. The number of nitrogens with zero attached hydrogens (tertiary/aromatic N) is 3. The molecule has 0 bridgehead atoms. The van der Waals surface area contributed by atoms with E-state index in [1.165, 1.54) is 4.90 Å². The molecule has 0 aromatic heterocycles. The Balaban J connectivity index is 1.99. The summed E-state index contributed by atoms with van der Waals surface area (Å²) in [7, 11) is 1.63. The molecule has 0 spiro atoms. The number of hydrogen-bond acceptors (Lipinski definition) is 3. The molecule has 6 heteroatoms. The van der Waals surface area contributed by atoms with Crippen molar-refractivity contribution in [2.24, 2.45) is 5.92 Å². The largest absolute Gasteiger partial charge is 0.342 e. The number of aryl methyl sites for hydroxylation is 1. The fraction of sp³-hybridized carbons (Fsp3) is 0.526.